The minimum absolute atomic E-state index is 0.303. The SMILES string of the molecule is COc1cc(N)cc(NCC2(N(C)C)CCC2)c1. The highest BCUT2D eigenvalue weighted by Crippen LogP contribution is 2.36. The normalized spacial score (nSPS) is 17.3. The summed E-state index contributed by atoms with van der Waals surface area (Å²) >= 11 is 0. The zero-order valence-corrected chi connectivity index (χ0v) is 11.5. The maximum Gasteiger partial charge on any atom is 0.122 e. The highest BCUT2D eigenvalue weighted by molar-refractivity contribution is 5.59. The number of benzene rings is 1. The lowest BCUT2D eigenvalue weighted by Crippen LogP contribution is -2.54. The summed E-state index contributed by atoms with van der Waals surface area (Å²) in [6.07, 6.45) is 3.83. The quantitative estimate of drug-likeness (QED) is 0.785. The fourth-order valence-corrected chi connectivity index (χ4v) is 2.48. The van der Waals surface area contributed by atoms with Crippen molar-refractivity contribution in [3.63, 3.8) is 0 Å². The predicted molar refractivity (Wildman–Crippen MR) is 76.2 cm³/mol. The summed E-state index contributed by atoms with van der Waals surface area (Å²) in [4.78, 5) is 2.33. The molecule has 4 nitrogen and oxygen atoms in total. The third kappa shape index (κ3) is 2.53. The molecule has 0 radical (unpaired) electrons. The summed E-state index contributed by atoms with van der Waals surface area (Å²) in [5.74, 6) is 0.796. The van der Waals surface area contributed by atoms with Crippen molar-refractivity contribution in [1.29, 1.82) is 0 Å². The zero-order chi connectivity index (χ0) is 13.2. The van der Waals surface area contributed by atoms with Crippen LogP contribution in [0.5, 0.6) is 5.75 Å². The molecule has 100 valence electrons. The van der Waals surface area contributed by atoms with Crippen LogP contribution in [0.15, 0.2) is 18.2 Å². The fourth-order valence-electron chi connectivity index (χ4n) is 2.48. The summed E-state index contributed by atoms with van der Waals surface area (Å²) in [5.41, 5.74) is 7.91. The minimum Gasteiger partial charge on any atom is -0.497 e. The van der Waals surface area contributed by atoms with Crippen molar-refractivity contribution >= 4 is 11.4 Å². The van der Waals surface area contributed by atoms with Gasteiger partial charge in [-0.15, -0.1) is 0 Å². The molecule has 1 aliphatic rings. The Bertz CT molecular complexity index is 414. The molecule has 0 aliphatic heterocycles. The number of methoxy groups -OCH3 is 1. The van der Waals surface area contributed by atoms with E-state index in [1.165, 1.54) is 19.3 Å². The van der Waals surface area contributed by atoms with Gasteiger partial charge in [-0.05, 0) is 39.4 Å². The molecule has 1 saturated carbocycles. The van der Waals surface area contributed by atoms with E-state index in [1.807, 2.05) is 18.2 Å². The monoisotopic (exact) mass is 249 g/mol. The van der Waals surface area contributed by atoms with Gasteiger partial charge in [-0.2, -0.15) is 0 Å². The Morgan fingerprint density at radius 1 is 1.33 bits per heavy atom. The average Bonchev–Trinajstić information content (AvgIpc) is 2.26. The van der Waals surface area contributed by atoms with E-state index in [-0.39, 0.29) is 0 Å². The molecule has 1 aromatic carbocycles. The van der Waals surface area contributed by atoms with Crippen LogP contribution in [0, 0.1) is 0 Å². The fraction of sp³-hybridized carbons (Fsp3) is 0.571. The van der Waals surface area contributed by atoms with Crippen LogP contribution in [-0.4, -0.2) is 38.2 Å². The Kier molecular flexibility index (Phi) is 3.66. The Morgan fingerprint density at radius 3 is 2.56 bits per heavy atom. The Balaban J connectivity index is 2.03. The van der Waals surface area contributed by atoms with Crippen molar-refractivity contribution < 1.29 is 4.74 Å². The van der Waals surface area contributed by atoms with E-state index in [4.69, 9.17) is 10.5 Å². The standard InChI is InChI=1S/C14H23N3O/c1-17(2)14(5-4-6-14)10-16-12-7-11(15)8-13(9-12)18-3/h7-9,16H,4-6,10,15H2,1-3H3. The first-order valence-electron chi connectivity index (χ1n) is 6.42. The first-order valence-corrected chi connectivity index (χ1v) is 6.42. The number of nitrogens with two attached hydrogens (primary N) is 1. The number of hydrogen-bond acceptors (Lipinski definition) is 4. The van der Waals surface area contributed by atoms with Crippen LogP contribution in [0.1, 0.15) is 19.3 Å². The molecule has 4 heteroatoms. The van der Waals surface area contributed by atoms with Gasteiger partial charge >= 0.3 is 0 Å². The second kappa shape index (κ2) is 5.06. The van der Waals surface area contributed by atoms with E-state index in [2.05, 4.69) is 24.3 Å². The molecule has 1 aromatic rings. The van der Waals surface area contributed by atoms with Crippen molar-refractivity contribution in [3.05, 3.63) is 18.2 Å². The molecule has 0 bridgehead atoms. The van der Waals surface area contributed by atoms with Crippen molar-refractivity contribution in [3.8, 4) is 5.75 Å². The second-order valence-corrected chi connectivity index (χ2v) is 5.32. The molecule has 0 amide bonds. The van der Waals surface area contributed by atoms with Crippen LogP contribution in [0.25, 0.3) is 0 Å². The summed E-state index contributed by atoms with van der Waals surface area (Å²) in [5, 5.41) is 3.48. The van der Waals surface area contributed by atoms with E-state index in [0.29, 0.717) is 5.54 Å². The van der Waals surface area contributed by atoms with Gasteiger partial charge in [-0.25, -0.2) is 0 Å². The lowest BCUT2D eigenvalue weighted by atomic mass is 9.75. The van der Waals surface area contributed by atoms with Crippen LogP contribution in [0.4, 0.5) is 11.4 Å². The average molecular weight is 249 g/mol. The van der Waals surface area contributed by atoms with E-state index < -0.39 is 0 Å². The molecular formula is C14H23N3O. The van der Waals surface area contributed by atoms with Crippen molar-refractivity contribution in [2.75, 3.05) is 38.8 Å². The smallest absolute Gasteiger partial charge is 0.122 e. The molecule has 0 atom stereocenters. The highest BCUT2D eigenvalue weighted by Gasteiger charge is 2.38. The molecule has 0 spiro atoms. The zero-order valence-electron chi connectivity index (χ0n) is 11.5. The van der Waals surface area contributed by atoms with Gasteiger partial charge in [0.2, 0.25) is 0 Å². The second-order valence-electron chi connectivity index (χ2n) is 5.32. The topological polar surface area (TPSA) is 50.5 Å². The third-order valence-electron chi connectivity index (χ3n) is 4.02. The van der Waals surface area contributed by atoms with E-state index in [1.54, 1.807) is 7.11 Å². The summed E-state index contributed by atoms with van der Waals surface area (Å²) in [7, 11) is 5.97. The molecule has 18 heavy (non-hydrogen) atoms. The van der Waals surface area contributed by atoms with Crippen LogP contribution in [0.3, 0.4) is 0 Å². The van der Waals surface area contributed by atoms with Crippen molar-refractivity contribution in [1.82, 2.24) is 4.90 Å². The lowest BCUT2D eigenvalue weighted by Gasteiger charge is -2.47. The first-order chi connectivity index (χ1) is 8.55. The molecule has 0 unspecified atom stereocenters. The molecule has 1 fully saturated rings. The van der Waals surface area contributed by atoms with Gasteiger partial charge in [0.1, 0.15) is 5.75 Å². The van der Waals surface area contributed by atoms with Gasteiger partial charge in [-0.3, -0.25) is 0 Å². The Morgan fingerprint density at radius 2 is 2.06 bits per heavy atom. The van der Waals surface area contributed by atoms with Gasteiger partial charge in [0.05, 0.1) is 7.11 Å². The Labute approximate surface area is 109 Å². The van der Waals surface area contributed by atoms with Crippen LogP contribution in [0.2, 0.25) is 0 Å². The number of rotatable bonds is 5. The van der Waals surface area contributed by atoms with E-state index in [9.17, 15) is 0 Å². The molecular weight excluding hydrogens is 226 g/mol. The van der Waals surface area contributed by atoms with Crippen molar-refractivity contribution in [2.24, 2.45) is 0 Å². The number of nitrogens with one attached hydrogen (secondary N) is 1. The van der Waals surface area contributed by atoms with Crippen LogP contribution < -0.4 is 15.8 Å². The number of nitrogen functional groups attached to an aromatic ring is 1. The molecule has 2 rings (SSSR count). The number of anilines is 2. The molecule has 0 saturated heterocycles. The van der Waals surface area contributed by atoms with Gasteiger partial charge < -0.3 is 20.7 Å². The summed E-state index contributed by atoms with van der Waals surface area (Å²) < 4.78 is 5.22. The van der Waals surface area contributed by atoms with Crippen LogP contribution >= 0.6 is 0 Å². The summed E-state index contributed by atoms with van der Waals surface area (Å²) in [6, 6.07) is 5.76. The largest absolute Gasteiger partial charge is 0.497 e. The Hall–Kier alpha value is -1.42. The summed E-state index contributed by atoms with van der Waals surface area (Å²) in [6.45, 7) is 0.951. The number of ether oxygens (including phenoxy) is 1. The maximum absolute atomic E-state index is 5.85. The molecule has 3 N–H and O–H groups in total. The third-order valence-corrected chi connectivity index (χ3v) is 4.02. The van der Waals surface area contributed by atoms with Gasteiger partial charge in [0.15, 0.2) is 0 Å². The van der Waals surface area contributed by atoms with Gasteiger partial charge in [-0.1, -0.05) is 0 Å². The number of hydrogen-bond donors (Lipinski definition) is 2. The molecule has 1 aliphatic carbocycles. The van der Waals surface area contributed by atoms with Crippen LogP contribution in [-0.2, 0) is 0 Å². The maximum atomic E-state index is 5.85. The number of nitrogens with zero attached hydrogens (tertiary/aromatic N) is 1. The van der Waals surface area contributed by atoms with Gasteiger partial charge in [0, 0.05) is 35.6 Å². The highest BCUT2D eigenvalue weighted by atomic mass is 16.5. The first kappa shape index (κ1) is 13.0. The predicted octanol–water partition coefficient (Wildman–Crippen LogP) is 2.17. The van der Waals surface area contributed by atoms with Crippen molar-refractivity contribution in [2.45, 2.75) is 24.8 Å². The van der Waals surface area contributed by atoms with E-state index in [0.717, 1.165) is 23.7 Å². The van der Waals surface area contributed by atoms with E-state index >= 15 is 0 Å². The molecule has 0 heterocycles. The number of likely N-dealkylation sites (N-methyl/N-ethyl adjacent to an activating group) is 1. The lowest BCUT2D eigenvalue weighted by molar-refractivity contribution is 0.0739. The van der Waals surface area contributed by atoms with Gasteiger partial charge in [0.25, 0.3) is 0 Å². The minimum atomic E-state index is 0.303. The molecule has 0 aromatic heterocycles.